The molecular formula is C28H24N4O2. The third-order valence-corrected chi connectivity index (χ3v) is 6.79. The summed E-state index contributed by atoms with van der Waals surface area (Å²) in [5.74, 6) is 1.11. The number of nitrogens with zero attached hydrogens (tertiary/aromatic N) is 2. The van der Waals surface area contributed by atoms with E-state index in [1.807, 2.05) is 18.2 Å². The molecule has 6 nitrogen and oxygen atoms in total. The summed E-state index contributed by atoms with van der Waals surface area (Å²) < 4.78 is 5.56. The molecule has 6 heteroatoms. The molecule has 2 fully saturated rings. The predicted molar refractivity (Wildman–Crippen MR) is 134 cm³/mol. The molecule has 2 aliphatic carbocycles. The molecule has 8 bridgehead atoms. The summed E-state index contributed by atoms with van der Waals surface area (Å²) in [6, 6.07) is 12.6. The number of nitrogens with one attached hydrogen (secondary N) is 2. The highest BCUT2D eigenvalue weighted by molar-refractivity contribution is 5.88. The molecule has 0 saturated heterocycles. The largest absolute Gasteiger partial charge is 0.424 e. The number of esters is 1. The molecule has 3 aromatic rings. The van der Waals surface area contributed by atoms with Crippen molar-refractivity contribution < 1.29 is 9.53 Å². The normalized spacial score (nSPS) is 17.0. The van der Waals surface area contributed by atoms with Crippen molar-refractivity contribution in [3.05, 3.63) is 70.3 Å². The highest BCUT2D eigenvalue weighted by Gasteiger charge is 2.30. The number of H-pyrrole nitrogens is 2. The molecular weight excluding hydrogens is 424 g/mol. The van der Waals surface area contributed by atoms with Crippen molar-refractivity contribution in [1.82, 2.24) is 19.9 Å². The van der Waals surface area contributed by atoms with Gasteiger partial charge in [0.25, 0.3) is 0 Å². The Bertz CT molecular complexity index is 1580. The molecule has 5 heterocycles. The maximum atomic E-state index is 11.8. The smallest absolute Gasteiger partial charge is 0.308 e. The standard InChI is InChI=1S/C28H24N4O2/c1-15(33)34-26-14-25-28(17-4-5-17)23-10-7-19(30-23)12-18-6-9-21(29-18)27(16-2-3-16)22-11-8-20(31-22)13-24(26)32-25/h6-14,16-17,29-30H,2-5H2,1H3. The monoisotopic (exact) mass is 448 g/mol. The van der Waals surface area contributed by atoms with E-state index in [4.69, 9.17) is 14.7 Å². The van der Waals surface area contributed by atoms with Gasteiger partial charge in [-0.25, -0.2) is 9.97 Å². The van der Waals surface area contributed by atoms with Crippen molar-refractivity contribution in [1.29, 1.82) is 0 Å². The maximum absolute atomic E-state index is 11.8. The number of aromatic amines is 2. The van der Waals surface area contributed by atoms with Crippen LogP contribution < -0.4 is 0 Å². The quantitative estimate of drug-likeness (QED) is 0.360. The molecule has 2 aliphatic heterocycles. The first-order chi connectivity index (χ1) is 16.6. The molecule has 2 saturated carbocycles. The van der Waals surface area contributed by atoms with Gasteiger partial charge in [0.05, 0.1) is 17.1 Å². The zero-order valence-electron chi connectivity index (χ0n) is 18.9. The van der Waals surface area contributed by atoms with E-state index in [2.05, 4.69) is 46.4 Å². The van der Waals surface area contributed by atoms with Gasteiger partial charge in [-0.15, -0.1) is 0 Å². The van der Waals surface area contributed by atoms with Gasteiger partial charge in [-0.05, 0) is 86.1 Å². The lowest BCUT2D eigenvalue weighted by Crippen LogP contribution is -1.96. The number of aromatic nitrogens is 4. The van der Waals surface area contributed by atoms with Gasteiger partial charge in [0.2, 0.25) is 0 Å². The van der Waals surface area contributed by atoms with Crippen LogP contribution >= 0.6 is 0 Å². The van der Waals surface area contributed by atoms with Gasteiger partial charge in [-0.3, -0.25) is 4.79 Å². The molecule has 0 atom stereocenters. The Morgan fingerprint density at radius 2 is 1.50 bits per heavy atom. The molecule has 0 aromatic carbocycles. The molecule has 2 N–H and O–H groups in total. The fourth-order valence-electron chi connectivity index (χ4n) is 4.99. The number of hydrogen-bond acceptors (Lipinski definition) is 4. The molecule has 0 amide bonds. The summed E-state index contributed by atoms with van der Waals surface area (Å²) in [7, 11) is 0. The molecule has 0 spiro atoms. The summed E-state index contributed by atoms with van der Waals surface area (Å²) in [6.45, 7) is 1.42. The lowest BCUT2D eigenvalue weighted by atomic mass is 10.1. The number of ether oxygens (including phenoxy) is 1. The van der Waals surface area contributed by atoms with Crippen molar-refractivity contribution in [3.8, 4) is 0 Å². The fourth-order valence-corrected chi connectivity index (χ4v) is 4.99. The molecule has 0 unspecified atom stereocenters. The lowest BCUT2D eigenvalue weighted by Gasteiger charge is -2.00. The molecule has 4 aliphatic rings. The fraction of sp³-hybridized carbons (Fsp3) is 0.250. The van der Waals surface area contributed by atoms with Crippen LogP contribution in [0.25, 0.3) is 46.1 Å². The summed E-state index contributed by atoms with van der Waals surface area (Å²) in [4.78, 5) is 28.9. The van der Waals surface area contributed by atoms with Gasteiger partial charge >= 0.3 is 5.97 Å². The number of carbonyl (C=O) groups excluding carboxylic acids is 1. The number of fused-ring (bicyclic) bond motifs is 8. The van der Waals surface area contributed by atoms with E-state index in [-0.39, 0.29) is 5.97 Å². The Morgan fingerprint density at radius 1 is 0.853 bits per heavy atom. The SMILES string of the molecule is CC(=O)OC1=Cc2nc1cc1nc(c(C3CC3)c3ccc(cc4ccc([nH]4)c2C2CC2)[nH]3)C=C1. The second kappa shape index (κ2) is 7.29. The predicted octanol–water partition coefficient (Wildman–Crippen LogP) is 6.30. The zero-order chi connectivity index (χ0) is 22.8. The van der Waals surface area contributed by atoms with Crippen LogP contribution in [0.4, 0.5) is 0 Å². The number of hydrogen-bond donors (Lipinski definition) is 2. The highest BCUT2D eigenvalue weighted by atomic mass is 16.5. The molecule has 168 valence electrons. The first-order valence-electron chi connectivity index (χ1n) is 11.9. The van der Waals surface area contributed by atoms with Crippen molar-refractivity contribution >= 4 is 52.0 Å². The summed E-state index contributed by atoms with van der Waals surface area (Å²) in [5, 5.41) is 0. The van der Waals surface area contributed by atoms with Gasteiger partial charge in [0.1, 0.15) is 5.69 Å². The second-order valence-corrected chi connectivity index (χ2v) is 9.56. The maximum Gasteiger partial charge on any atom is 0.308 e. The average molecular weight is 449 g/mol. The van der Waals surface area contributed by atoms with Crippen LogP contribution in [0.15, 0.2) is 36.4 Å². The second-order valence-electron chi connectivity index (χ2n) is 9.56. The van der Waals surface area contributed by atoms with Crippen molar-refractivity contribution in [2.45, 2.75) is 44.4 Å². The van der Waals surface area contributed by atoms with Crippen LogP contribution in [0, 0.1) is 0 Å². The topological polar surface area (TPSA) is 83.7 Å². The van der Waals surface area contributed by atoms with Crippen molar-refractivity contribution in [2.75, 3.05) is 0 Å². The molecule has 34 heavy (non-hydrogen) atoms. The van der Waals surface area contributed by atoms with E-state index in [0.29, 0.717) is 23.3 Å². The van der Waals surface area contributed by atoms with Gasteiger partial charge in [-0.2, -0.15) is 0 Å². The molecule has 7 rings (SSSR count). The third-order valence-electron chi connectivity index (χ3n) is 6.79. The Morgan fingerprint density at radius 3 is 2.12 bits per heavy atom. The first-order valence-corrected chi connectivity index (χ1v) is 11.9. The summed E-state index contributed by atoms with van der Waals surface area (Å²) in [5.41, 5.74) is 10.0. The van der Waals surface area contributed by atoms with Gasteiger partial charge in [0, 0.05) is 46.2 Å². The van der Waals surface area contributed by atoms with Gasteiger partial charge < -0.3 is 14.7 Å². The van der Waals surface area contributed by atoms with E-state index in [0.717, 1.165) is 52.0 Å². The van der Waals surface area contributed by atoms with E-state index in [1.54, 1.807) is 0 Å². The summed E-state index contributed by atoms with van der Waals surface area (Å²) in [6.07, 6.45) is 10.6. The van der Waals surface area contributed by atoms with E-state index in [9.17, 15) is 4.79 Å². The Balaban J connectivity index is 1.57. The minimum atomic E-state index is -0.355. The van der Waals surface area contributed by atoms with E-state index >= 15 is 0 Å². The number of rotatable bonds is 3. The van der Waals surface area contributed by atoms with Crippen LogP contribution in [0.1, 0.15) is 78.3 Å². The Kier molecular flexibility index (Phi) is 4.19. The van der Waals surface area contributed by atoms with Crippen LogP contribution in [0.2, 0.25) is 0 Å². The molecule has 0 radical (unpaired) electrons. The van der Waals surface area contributed by atoms with E-state index < -0.39 is 0 Å². The molecule has 3 aromatic heterocycles. The van der Waals surface area contributed by atoms with Gasteiger partial charge in [0.15, 0.2) is 5.76 Å². The number of carbonyl (C=O) groups is 1. The van der Waals surface area contributed by atoms with Crippen molar-refractivity contribution in [3.63, 3.8) is 0 Å². The summed E-state index contributed by atoms with van der Waals surface area (Å²) >= 11 is 0. The minimum absolute atomic E-state index is 0.355. The van der Waals surface area contributed by atoms with Crippen LogP contribution in [0.3, 0.4) is 0 Å². The van der Waals surface area contributed by atoms with Crippen LogP contribution in [-0.2, 0) is 9.53 Å². The third kappa shape index (κ3) is 3.46. The first kappa shape index (κ1) is 19.5. The van der Waals surface area contributed by atoms with Crippen LogP contribution in [-0.4, -0.2) is 25.9 Å². The Hall–Kier alpha value is -3.93. The van der Waals surface area contributed by atoms with Crippen molar-refractivity contribution in [2.24, 2.45) is 0 Å². The van der Waals surface area contributed by atoms with Crippen LogP contribution in [0.5, 0.6) is 0 Å². The zero-order valence-corrected chi connectivity index (χ0v) is 18.9. The van der Waals surface area contributed by atoms with E-state index in [1.165, 1.54) is 30.9 Å². The average Bonchev–Trinajstić information content (AvgIpc) is 3.60. The highest BCUT2D eigenvalue weighted by Crippen LogP contribution is 2.45. The minimum Gasteiger partial charge on any atom is -0.424 e. The lowest BCUT2D eigenvalue weighted by molar-refractivity contribution is -0.134. The van der Waals surface area contributed by atoms with Gasteiger partial charge in [-0.1, -0.05) is 0 Å². The Labute approximate surface area is 196 Å².